The van der Waals surface area contributed by atoms with Crippen LogP contribution in [0.3, 0.4) is 0 Å². The first kappa shape index (κ1) is 25.5. The summed E-state index contributed by atoms with van der Waals surface area (Å²) in [5.74, 6) is -1.08. The first-order valence-electron chi connectivity index (χ1n) is 11.4. The molecule has 1 amide bonds. The van der Waals surface area contributed by atoms with Gasteiger partial charge in [0.15, 0.2) is 0 Å². The van der Waals surface area contributed by atoms with Crippen LogP contribution in [-0.4, -0.2) is 40.5 Å². The molecule has 0 bridgehead atoms. The molecule has 3 rings (SSSR count). The number of aromatic nitrogens is 1. The zero-order chi connectivity index (χ0) is 25.5. The second-order valence-corrected chi connectivity index (χ2v) is 8.62. The number of benzene rings is 2. The Morgan fingerprint density at radius 3 is 2.49 bits per heavy atom. The summed E-state index contributed by atoms with van der Waals surface area (Å²) in [4.78, 5) is 37.0. The van der Waals surface area contributed by atoms with Gasteiger partial charge in [-0.05, 0) is 66.4 Å². The van der Waals surface area contributed by atoms with Crippen LogP contribution in [0.2, 0.25) is 0 Å². The van der Waals surface area contributed by atoms with Crippen LogP contribution in [0, 0.1) is 12.8 Å². The fourth-order valence-electron chi connectivity index (χ4n) is 3.77. The summed E-state index contributed by atoms with van der Waals surface area (Å²) < 4.78 is 7.13. The Hall–Kier alpha value is -4.13. The van der Waals surface area contributed by atoms with Gasteiger partial charge in [-0.1, -0.05) is 38.1 Å². The molecule has 0 aliphatic heterocycles. The zero-order valence-corrected chi connectivity index (χ0v) is 20.3. The van der Waals surface area contributed by atoms with E-state index >= 15 is 0 Å². The SMILES string of the molecule is COc1ccc(C(=O)c2cccn2C/C=C/c2cccc(C(=O)N[C@H](C(=O)O)C(C)C)c2)cc1C. The molecule has 1 aromatic heterocycles. The van der Waals surface area contributed by atoms with Gasteiger partial charge in [0.1, 0.15) is 11.8 Å². The monoisotopic (exact) mass is 474 g/mol. The number of methoxy groups -OCH3 is 1. The van der Waals surface area contributed by atoms with E-state index in [0.29, 0.717) is 23.4 Å². The van der Waals surface area contributed by atoms with E-state index in [1.807, 2.05) is 48.0 Å². The number of carboxylic acids is 1. The van der Waals surface area contributed by atoms with Gasteiger partial charge in [0.2, 0.25) is 5.78 Å². The molecule has 3 aromatic rings. The number of carboxylic acid groups (broad SMARTS) is 1. The van der Waals surface area contributed by atoms with E-state index in [9.17, 15) is 19.5 Å². The average molecular weight is 475 g/mol. The van der Waals surface area contributed by atoms with E-state index < -0.39 is 17.9 Å². The largest absolute Gasteiger partial charge is 0.496 e. The number of allylic oxidation sites excluding steroid dienone is 1. The normalized spacial score (nSPS) is 12.0. The molecule has 1 atom stereocenters. The van der Waals surface area contributed by atoms with Crippen molar-refractivity contribution >= 4 is 23.7 Å². The summed E-state index contributed by atoms with van der Waals surface area (Å²) >= 11 is 0. The molecular weight excluding hydrogens is 444 g/mol. The predicted molar refractivity (Wildman–Crippen MR) is 135 cm³/mol. The molecule has 0 saturated carbocycles. The van der Waals surface area contributed by atoms with Crippen LogP contribution in [0.4, 0.5) is 0 Å². The summed E-state index contributed by atoms with van der Waals surface area (Å²) in [5, 5.41) is 11.9. The van der Waals surface area contributed by atoms with Gasteiger partial charge in [-0.15, -0.1) is 0 Å². The lowest BCUT2D eigenvalue weighted by molar-refractivity contribution is -0.140. The van der Waals surface area contributed by atoms with Crippen LogP contribution in [-0.2, 0) is 11.3 Å². The quantitative estimate of drug-likeness (QED) is 0.419. The Labute approximate surface area is 205 Å². The van der Waals surface area contributed by atoms with Gasteiger partial charge in [-0.3, -0.25) is 9.59 Å². The van der Waals surface area contributed by atoms with E-state index in [1.165, 1.54) is 0 Å². The van der Waals surface area contributed by atoms with Crippen LogP contribution in [0.1, 0.15) is 51.4 Å². The highest BCUT2D eigenvalue weighted by Crippen LogP contribution is 2.21. The lowest BCUT2D eigenvalue weighted by Crippen LogP contribution is -2.44. The number of aryl methyl sites for hydroxylation is 1. The van der Waals surface area contributed by atoms with Crippen molar-refractivity contribution in [1.82, 2.24) is 9.88 Å². The smallest absolute Gasteiger partial charge is 0.326 e. The number of carbonyl (C=O) groups is 3. The molecule has 0 spiro atoms. The second kappa shape index (κ2) is 11.3. The molecule has 0 saturated heterocycles. The first-order chi connectivity index (χ1) is 16.7. The number of hydrogen-bond acceptors (Lipinski definition) is 4. The summed E-state index contributed by atoms with van der Waals surface area (Å²) in [6, 6.07) is 15.0. The number of ketones is 1. The highest BCUT2D eigenvalue weighted by molar-refractivity contribution is 6.08. The van der Waals surface area contributed by atoms with Gasteiger partial charge in [0.05, 0.1) is 12.8 Å². The van der Waals surface area contributed by atoms with Gasteiger partial charge >= 0.3 is 5.97 Å². The molecule has 0 aliphatic rings. The van der Waals surface area contributed by atoms with Crippen LogP contribution in [0.5, 0.6) is 5.75 Å². The van der Waals surface area contributed by atoms with Crippen LogP contribution in [0.15, 0.2) is 66.9 Å². The molecule has 0 radical (unpaired) electrons. The van der Waals surface area contributed by atoms with Crippen molar-refractivity contribution in [3.63, 3.8) is 0 Å². The van der Waals surface area contributed by atoms with E-state index in [4.69, 9.17) is 4.74 Å². The summed E-state index contributed by atoms with van der Waals surface area (Å²) in [7, 11) is 1.60. The molecular formula is C28H30N2O5. The topological polar surface area (TPSA) is 97.6 Å². The number of ether oxygens (including phenoxy) is 1. The summed E-state index contributed by atoms with van der Waals surface area (Å²) in [6.45, 7) is 5.85. The standard InChI is InChI=1S/C28H30N2O5/c1-18(2)25(28(33)34)29-27(32)22-10-5-8-20(17-22)9-6-14-30-15-7-11-23(30)26(31)21-12-13-24(35-4)19(3)16-21/h5-13,15-18,25H,14H2,1-4H3,(H,29,32)(H,33,34)/b9-6+/t25-/m0/s1. The fourth-order valence-corrected chi connectivity index (χ4v) is 3.77. The minimum atomic E-state index is -1.06. The maximum Gasteiger partial charge on any atom is 0.326 e. The Kier molecular flexibility index (Phi) is 8.25. The van der Waals surface area contributed by atoms with Gasteiger partial charge in [-0.2, -0.15) is 0 Å². The Morgan fingerprint density at radius 1 is 1.06 bits per heavy atom. The van der Waals surface area contributed by atoms with Gasteiger partial charge in [-0.25, -0.2) is 4.79 Å². The van der Waals surface area contributed by atoms with E-state index in [1.54, 1.807) is 57.4 Å². The number of aliphatic carboxylic acids is 1. The van der Waals surface area contributed by atoms with Crippen molar-refractivity contribution < 1.29 is 24.2 Å². The van der Waals surface area contributed by atoms with E-state index in [2.05, 4.69) is 5.32 Å². The molecule has 0 unspecified atom stereocenters. The minimum absolute atomic E-state index is 0.0778. The van der Waals surface area contributed by atoms with Crippen molar-refractivity contribution in [2.45, 2.75) is 33.4 Å². The molecule has 1 heterocycles. The highest BCUT2D eigenvalue weighted by atomic mass is 16.5. The molecule has 0 fully saturated rings. The number of amides is 1. The minimum Gasteiger partial charge on any atom is -0.496 e. The Balaban J connectivity index is 1.71. The van der Waals surface area contributed by atoms with E-state index in [0.717, 1.165) is 16.9 Å². The van der Waals surface area contributed by atoms with Gasteiger partial charge in [0.25, 0.3) is 5.91 Å². The number of hydrogen-bond donors (Lipinski definition) is 2. The van der Waals surface area contributed by atoms with Gasteiger partial charge < -0.3 is 19.7 Å². The zero-order valence-electron chi connectivity index (χ0n) is 20.3. The molecule has 7 heteroatoms. The van der Waals surface area contributed by atoms with Gasteiger partial charge in [0, 0.05) is 23.9 Å². The van der Waals surface area contributed by atoms with Crippen molar-refractivity contribution in [3.8, 4) is 5.75 Å². The number of nitrogens with zero attached hydrogens (tertiary/aromatic N) is 1. The fraction of sp³-hybridized carbons (Fsp3) is 0.250. The molecule has 2 aromatic carbocycles. The van der Waals surface area contributed by atoms with Crippen molar-refractivity contribution in [1.29, 1.82) is 0 Å². The molecule has 35 heavy (non-hydrogen) atoms. The first-order valence-corrected chi connectivity index (χ1v) is 11.4. The molecule has 2 N–H and O–H groups in total. The van der Waals surface area contributed by atoms with Crippen LogP contribution < -0.4 is 10.1 Å². The van der Waals surface area contributed by atoms with Crippen LogP contribution >= 0.6 is 0 Å². The predicted octanol–water partition coefficient (Wildman–Crippen LogP) is 4.59. The number of rotatable bonds is 10. The lowest BCUT2D eigenvalue weighted by atomic mass is 10.0. The Bertz CT molecular complexity index is 1260. The second-order valence-electron chi connectivity index (χ2n) is 8.62. The lowest BCUT2D eigenvalue weighted by Gasteiger charge is -2.18. The van der Waals surface area contributed by atoms with Crippen LogP contribution in [0.25, 0.3) is 6.08 Å². The van der Waals surface area contributed by atoms with E-state index in [-0.39, 0.29) is 11.7 Å². The maximum absolute atomic E-state index is 13.0. The third kappa shape index (κ3) is 6.26. The number of nitrogens with one attached hydrogen (secondary N) is 1. The third-order valence-electron chi connectivity index (χ3n) is 5.70. The van der Waals surface area contributed by atoms with Crippen molar-refractivity contribution in [2.24, 2.45) is 5.92 Å². The molecule has 0 aliphatic carbocycles. The maximum atomic E-state index is 13.0. The van der Waals surface area contributed by atoms with Crippen molar-refractivity contribution in [3.05, 3.63) is 94.8 Å². The molecule has 182 valence electrons. The average Bonchev–Trinajstić information content (AvgIpc) is 3.30. The summed E-state index contributed by atoms with van der Waals surface area (Å²) in [5.41, 5.74) is 3.22. The third-order valence-corrected chi connectivity index (χ3v) is 5.70. The Morgan fingerprint density at radius 2 is 1.83 bits per heavy atom. The van der Waals surface area contributed by atoms with Crippen molar-refractivity contribution in [2.75, 3.05) is 7.11 Å². The molecule has 7 nitrogen and oxygen atoms in total. The highest BCUT2D eigenvalue weighted by Gasteiger charge is 2.24. The number of carbonyl (C=O) groups excluding carboxylic acids is 2. The summed E-state index contributed by atoms with van der Waals surface area (Å²) in [6.07, 6.45) is 5.61.